The Balaban J connectivity index is 1.92. The van der Waals surface area contributed by atoms with Crippen LogP contribution in [0.25, 0.3) is 10.8 Å². The second-order valence-electron chi connectivity index (χ2n) is 7.02. The van der Waals surface area contributed by atoms with Crippen LogP contribution in [0.4, 0.5) is 4.79 Å². The molecule has 2 unspecified atom stereocenters. The number of rotatable bonds is 5. The number of benzene rings is 2. The number of hydrogen-bond acceptors (Lipinski definition) is 5. The van der Waals surface area contributed by atoms with Crippen LogP contribution in [0.2, 0.25) is 0 Å². The molecule has 1 amide bonds. The van der Waals surface area contributed by atoms with Crippen LogP contribution in [-0.4, -0.2) is 39.7 Å². The molecular formula is C19H25NO5. The van der Waals surface area contributed by atoms with E-state index in [4.69, 9.17) is 4.74 Å². The van der Waals surface area contributed by atoms with E-state index in [-0.39, 0.29) is 18.7 Å². The van der Waals surface area contributed by atoms with E-state index in [2.05, 4.69) is 5.32 Å². The van der Waals surface area contributed by atoms with Crippen molar-refractivity contribution in [1.29, 1.82) is 0 Å². The molecule has 0 saturated heterocycles. The van der Waals surface area contributed by atoms with Crippen molar-refractivity contribution in [2.24, 2.45) is 0 Å². The third kappa shape index (κ3) is 5.62. The lowest BCUT2D eigenvalue weighted by atomic mass is 9.99. The van der Waals surface area contributed by atoms with Crippen molar-refractivity contribution in [3.63, 3.8) is 0 Å². The number of phenolic OH excluding ortho intramolecular Hbond substituents is 1. The summed E-state index contributed by atoms with van der Waals surface area (Å²) in [6.45, 7) is 5.49. The molecule has 6 nitrogen and oxygen atoms in total. The van der Waals surface area contributed by atoms with Crippen molar-refractivity contribution < 1.29 is 24.9 Å². The summed E-state index contributed by atoms with van der Waals surface area (Å²) in [5.41, 5.74) is -0.00942. The second kappa shape index (κ2) is 7.72. The molecule has 136 valence electrons. The first-order valence-electron chi connectivity index (χ1n) is 8.21. The number of carbonyl (C=O) groups excluding carboxylic acids is 1. The van der Waals surface area contributed by atoms with Gasteiger partial charge < -0.3 is 25.4 Å². The van der Waals surface area contributed by atoms with E-state index in [0.717, 1.165) is 10.8 Å². The summed E-state index contributed by atoms with van der Waals surface area (Å²) in [5, 5.41) is 34.2. The van der Waals surface area contributed by atoms with Crippen molar-refractivity contribution in [3.05, 3.63) is 42.0 Å². The SMILES string of the molecule is CC(C)(C)OC(=O)NCCC(O)C(O)c1ccc2cc(O)ccc2c1. The summed E-state index contributed by atoms with van der Waals surface area (Å²) in [6.07, 6.45) is -2.46. The van der Waals surface area contributed by atoms with Gasteiger partial charge in [0.1, 0.15) is 17.5 Å². The lowest BCUT2D eigenvalue weighted by Crippen LogP contribution is -2.34. The van der Waals surface area contributed by atoms with Crippen molar-refractivity contribution in [2.45, 2.75) is 45.0 Å². The van der Waals surface area contributed by atoms with Crippen LogP contribution in [0, 0.1) is 0 Å². The Morgan fingerprint density at radius 3 is 2.44 bits per heavy atom. The lowest BCUT2D eigenvalue weighted by molar-refractivity contribution is 0.0124. The van der Waals surface area contributed by atoms with Crippen LogP contribution in [0.3, 0.4) is 0 Å². The highest BCUT2D eigenvalue weighted by atomic mass is 16.6. The summed E-state index contributed by atoms with van der Waals surface area (Å²) in [4.78, 5) is 11.6. The Bertz CT molecular complexity index is 738. The molecule has 0 spiro atoms. The Hall–Kier alpha value is -2.31. The number of carbonyl (C=O) groups is 1. The maximum Gasteiger partial charge on any atom is 0.407 e. The molecule has 6 heteroatoms. The predicted octanol–water partition coefficient (Wildman–Crippen LogP) is 2.85. The minimum Gasteiger partial charge on any atom is -0.508 e. The number of hydrogen-bond donors (Lipinski definition) is 4. The van der Waals surface area contributed by atoms with Gasteiger partial charge >= 0.3 is 6.09 Å². The van der Waals surface area contributed by atoms with Crippen molar-refractivity contribution in [1.82, 2.24) is 5.32 Å². The van der Waals surface area contributed by atoms with Gasteiger partial charge in [0.05, 0.1) is 6.10 Å². The molecule has 25 heavy (non-hydrogen) atoms. The Labute approximate surface area is 147 Å². The predicted molar refractivity (Wildman–Crippen MR) is 95.4 cm³/mol. The Kier molecular flexibility index (Phi) is 5.87. The summed E-state index contributed by atoms with van der Waals surface area (Å²) in [7, 11) is 0. The maximum absolute atomic E-state index is 11.6. The zero-order valence-electron chi connectivity index (χ0n) is 14.7. The van der Waals surface area contributed by atoms with E-state index in [9.17, 15) is 20.1 Å². The number of aromatic hydroxyl groups is 1. The summed E-state index contributed by atoms with van der Waals surface area (Å²) < 4.78 is 5.11. The molecule has 0 aliphatic rings. The molecule has 4 N–H and O–H groups in total. The molecule has 0 bridgehead atoms. The van der Waals surface area contributed by atoms with E-state index in [1.807, 2.05) is 0 Å². The van der Waals surface area contributed by atoms with Crippen LogP contribution in [0.15, 0.2) is 36.4 Å². The van der Waals surface area contributed by atoms with Gasteiger partial charge in [0.2, 0.25) is 0 Å². The minimum absolute atomic E-state index is 0.175. The van der Waals surface area contributed by atoms with Crippen LogP contribution in [0.5, 0.6) is 5.75 Å². The van der Waals surface area contributed by atoms with Crippen LogP contribution >= 0.6 is 0 Å². The summed E-state index contributed by atoms with van der Waals surface area (Å²) in [6, 6.07) is 10.2. The molecule has 2 atom stereocenters. The smallest absolute Gasteiger partial charge is 0.407 e. The molecule has 2 aromatic rings. The Morgan fingerprint density at radius 2 is 1.76 bits per heavy atom. The first-order valence-corrected chi connectivity index (χ1v) is 8.21. The zero-order valence-corrected chi connectivity index (χ0v) is 14.7. The molecule has 0 fully saturated rings. The molecule has 2 aromatic carbocycles. The number of phenols is 1. The molecule has 0 aromatic heterocycles. The molecule has 2 rings (SSSR count). The average molecular weight is 347 g/mol. The number of amides is 1. The topological polar surface area (TPSA) is 99.0 Å². The molecule has 0 radical (unpaired) electrons. The lowest BCUT2D eigenvalue weighted by Gasteiger charge is -2.21. The van der Waals surface area contributed by atoms with Crippen LogP contribution in [0.1, 0.15) is 38.9 Å². The van der Waals surface area contributed by atoms with E-state index < -0.39 is 23.9 Å². The van der Waals surface area contributed by atoms with E-state index in [0.29, 0.717) is 5.56 Å². The van der Waals surface area contributed by atoms with Crippen molar-refractivity contribution in [3.8, 4) is 5.75 Å². The number of ether oxygens (including phenoxy) is 1. The largest absolute Gasteiger partial charge is 0.508 e. The third-order valence-corrected chi connectivity index (χ3v) is 3.66. The number of aliphatic hydroxyl groups excluding tert-OH is 2. The molecule has 0 saturated carbocycles. The van der Waals surface area contributed by atoms with Gasteiger partial charge in [-0.15, -0.1) is 0 Å². The standard InChI is InChI=1S/C19H25NO5/c1-19(2,3)25-18(24)20-9-8-16(22)17(23)14-5-4-13-11-15(21)7-6-12(13)10-14/h4-7,10-11,16-17,21-23H,8-9H2,1-3H3,(H,20,24). The fraction of sp³-hybridized carbons (Fsp3) is 0.421. The summed E-state index contributed by atoms with van der Waals surface area (Å²) >= 11 is 0. The quantitative estimate of drug-likeness (QED) is 0.666. The first kappa shape index (κ1) is 19.0. The number of nitrogens with one attached hydrogen (secondary N) is 1. The minimum atomic E-state index is -1.07. The van der Waals surface area contributed by atoms with E-state index >= 15 is 0 Å². The normalized spacial score (nSPS) is 14.1. The third-order valence-electron chi connectivity index (χ3n) is 3.66. The fourth-order valence-electron chi connectivity index (χ4n) is 2.45. The first-order chi connectivity index (χ1) is 11.7. The number of aliphatic hydroxyl groups is 2. The van der Waals surface area contributed by atoms with E-state index in [1.165, 1.54) is 0 Å². The highest BCUT2D eigenvalue weighted by molar-refractivity contribution is 5.84. The van der Waals surface area contributed by atoms with Crippen LogP contribution in [-0.2, 0) is 4.74 Å². The van der Waals surface area contributed by atoms with Gasteiger partial charge in [-0.3, -0.25) is 0 Å². The molecule has 0 aliphatic heterocycles. The Morgan fingerprint density at radius 1 is 1.12 bits per heavy atom. The molecule has 0 aliphatic carbocycles. The van der Waals surface area contributed by atoms with Gasteiger partial charge in [0, 0.05) is 6.54 Å². The van der Waals surface area contributed by atoms with Gasteiger partial charge in [-0.1, -0.05) is 18.2 Å². The fourth-order valence-corrected chi connectivity index (χ4v) is 2.45. The number of alkyl carbamates (subject to hydrolysis) is 1. The zero-order chi connectivity index (χ0) is 18.6. The maximum atomic E-state index is 11.6. The van der Waals surface area contributed by atoms with E-state index in [1.54, 1.807) is 57.2 Å². The summed E-state index contributed by atoms with van der Waals surface area (Å²) in [5.74, 6) is 0.175. The van der Waals surface area contributed by atoms with Gasteiger partial charge in [0.15, 0.2) is 0 Å². The highest BCUT2D eigenvalue weighted by Gasteiger charge is 2.20. The monoisotopic (exact) mass is 347 g/mol. The van der Waals surface area contributed by atoms with Gasteiger partial charge in [-0.05, 0) is 61.7 Å². The highest BCUT2D eigenvalue weighted by Crippen LogP contribution is 2.26. The van der Waals surface area contributed by atoms with Gasteiger partial charge in [0.25, 0.3) is 0 Å². The average Bonchev–Trinajstić information content (AvgIpc) is 2.51. The van der Waals surface area contributed by atoms with Crippen LogP contribution < -0.4 is 5.32 Å². The number of fused-ring (bicyclic) bond motifs is 1. The second-order valence-corrected chi connectivity index (χ2v) is 7.02. The van der Waals surface area contributed by atoms with Crippen molar-refractivity contribution in [2.75, 3.05) is 6.54 Å². The van der Waals surface area contributed by atoms with Gasteiger partial charge in [-0.25, -0.2) is 4.79 Å². The molecular weight excluding hydrogens is 322 g/mol. The van der Waals surface area contributed by atoms with Gasteiger partial charge in [-0.2, -0.15) is 0 Å². The molecule has 0 heterocycles. The van der Waals surface area contributed by atoms with Crippen molar-refractivity contribution >= 4 is 16.9 Å².